The molecule has 2 aliphatic rings. The number of carboxylic acid groups (broad SMARTS) is 1. The van der Waals surface area contributed by atoms with Crippen LogP contribution in [-0.2, 0) is 21.4 Å². The smallest absolute Gasteiger partial charge is 0.303 e. The lowest BCUT2D eigenvalue weighted by Crippen LogP contribution is -2.47. The Morgan fingerprint density at radius 1 is 1.27 bits per heavy atom. The van der Waals surface area contributed by atoms with Gasteiger partial charge < -0.3 is 10.0 Å². The van der Waals surface area contributed by atoms with E-state index in [4.69, 9.17) is 16.7 Å². The number of benzene rings is 1. The van der Waals surface area contributed by atoms with Crippen molar-refractivity contribution in [3.63, 3.8) is 0 Å². The molecule has 1 aromatic carbocycles. The molecule has 0 aromatic heterocycles. The van der Waals surface area contributed by atoms with Crippen LogP contribution < -0.4 is 0 Å². The predicted octanol–water partition coefficient (Wildman–Crippen LogP) is 6.60. The number of hydrogen-bond acceptors (Lipinski definition) is 2. The number of halogens is 3. The van der Waals surface area contributed by atoms with Crippen LogP contribution in [0.1, 0.15) is 77.3 Å². The van der Waals surface area contributed by atoms with Gasteiger partial charge in [0.25, 0.3) is 0 Å². The fourth-order valence-electron chi connectivity index (χ4n) is 4.79. The number of carboxylic acids is 1. The maximum atomic E-state index is 13.8. The van der Waals surface area contributed by atoms with Gasteiger partial charge >= 0.3 is 5.97 Å². The third-order valence-electron chi connectivity index (χ3n) is 6.91. The highest BCUT2D eigenvalue weighted by atomic mass is 35.5. The summed E-state index contributed by atoms with van der Waals surface area (Å²) in [5, 5.41) is 9.53. The molecule has 3 rings (SSSR count). The summed E-state index contributed by atoms with van der Waals surface area (Å²) < 4.78 is 27.5. The van der Waals surface area contributed by atoms with Crippen LogP contribution in [0.15, 0.2) is 30.0 Å². The molecule has 1 aliphatic heterocycles. The minimum absolute atomic E-state index is 0.0443. The standard InChI is InChI=1S/C26H34ClF2NO3/c1-24(2,3)10-9-17-7-8-19(12-21(17)27)25(4)15-22(31)30(11-5-6-23(32)33)16-20(25)18-13-26(28,29)14-18/h7-8,12,16,18H,5-6,9-11,13-15H2,1-4H3,(H,32,33)/t25-/m0/s1. The molecule has 182 valence electrons. The minimum Gasteiger partial charge on any atom is -0.481 e. The Labute approximate surface area is 200 Å². The van der Waals surface area contributed by atoms with E-state index >= 15 is 0 Å². The van der Waals surface area contributed by atoms with Gasteiger partial charge in [-0.2, -0.15) is 0 Å². The van der Waals surface area contributed by atoms with Gasteiger partial charge in [-0.05, 0) is 53.4 Å². The summed E-state index contributed by atoms with van der Waals surface area (Å²) >= 11 is 6.63. The zero-order chi connectivity index (χ0) is 24.6. The number of aliphatic carboxylic acids is 1. The Hall–Kier alpha value is -1.95. The average molecular weight is 482 g/mol. The van der Waals surface area contributed by atoms with E-state index in [2.05, 4.69) is 20.8 Å². The topological polar surface area (TPSA) is 57.6 Å². The lowest BCUT2D eigenvalue weighted by molar-refractivity contribution is -0.138. The molecule has 1 amide bonds. The molecule has 0 radical (unpaired) electrons. The molecule has 1 fully saturated rings. The average Bonchev–Trinajstić information content (AvgIpc) is 2.66. The second-order valence-electron chi connectivity index (χ2n) is 11.0. The van der Waals surface area contributed by atoms with Gasteiger partial charge in [0, 0.05) is 48.9 Å². The summed E-state index contributed by atoms with van der Waals surface area (Å²) in [7, 11) is 0. The fourth-order valence-corrected chi connectivity index (χ4v) is 5.06. The number of rotatable bonds is 8. The molecule has 1 heterocycles. The third kappa shape index (κ3) is 6.14. The molecular weight excluding hydrogens is 448 g/mol. The third-order valence-corrected chi connectivity index (χ3v) is 7.26. The first kappa shape index (κ1) is 25.7. The van der Waals surface area contributed by atoms with Crippen LogP contribution in [0, 0.1) is 11.3 Å². The van der Waals surface area contributed by atoms with Crippen LogP contribution in [0.25, 0.3) is 0 Å². The van der Waals surface area contributed by atoms with E-state index in [1.807, 2.05) is 25.1 Å². The molecule has 33 heavy (non-hydrogen) atoms. The second kappa shape index (κ2) is 9.36. The van der Waals surface area contributed by atoms with Gasteiger partial charge in [0.15, 0.2) is 0 Å². The van der Waals surface area contributed by atoms with Crippen molar-refractivity contribution < 1.29 is 23.5 Å². The van der Waals surface area contributed by atoms with Gasteiger partial charge in [-0.1, -0.05) is 51.4 Å². The monoisotopic (exact) mass is 481 g/mol. The highest BCUT2D eigenvalue weighted by molar-refractivity contribution is 6.31. The van der Waals surface area contributed by atoms with Crippen LogP contribution in [0.3, 0.4) is 0 Å². The van der Waals surface area contributed by atoms with Crippen LogP contribution in [-0.4, -0.2) is 34.4 Å². The number of alkyl halides is 2. The Morgan fingerprint density at radius 2 is 1.94 bits per heavy atom. The highest BCUT2D eigenvalue weighted by Gasteiger charge is 2.52. The van der Waals surface area contributed by atoms with Crippen molar-refractivity contribution in [3.8, 4) is 0 Å². The summed E-state index contributed by atoms with van der Waals surface area (Å²) in [4.78, 5) is 25.3. The molecule has 0 unspecified atom stereocenters. The van der Waals surface area contributed by atoms with Crippen molar-refractivity contribution in [3.05, 3.63) is 46.1 Å². The summed E-state index contributed by atoms with van der Waals surface area (Å²) in [5.74, 6) is -4.06. The first-order valence-corrected chi connectivity index (χ1v) is 12.0. The normalized spacial score (nSPS) is 23.3. The summed E-state index contributed by atoms with van der Waals surface area (Å²) in [6.07, 6.45) is 3.48. The highest BCUT2D eigenvalue weighted by Crippen LogP contribution is 2.53. The first-order valence-electron chi connectivity index (χ1n) is 11.6. The SMILES string of the molecule is CC(C)(C)CCc1ccc([C@]2(C)CC(=O)N(CCCC(=O)O)C=C2C2CC(F)(F)C2)cc1Cl. The van der Waals surface area contributed by atoms with Crippen molar-refractivity contribution in [1.82, 2.24) is 4.90 Å². The van der Waals surface area contributed by atoms with Crippen molar-refractivity contribution in [2.75, 3.05) is 6.54 Å². The van der Waals surface area contributed by atoms with E-state index in [1.54, 1.807) is 6.20 Å². The Balaban J connectivity index is 1.90. The molecular formula is C26H34ClF2NO3. The Kier molecular flexibility index (Phi) is 7.28. The lowest BCUT2D eigenvalue weighted by Gasteiger charge is -2.47. The lowest BCUT2D eigenvalue weighted by atomic mass is 9.62. The summed E-state index contributed by atoms with van der Waals surface area (Å²) in [6.45, 7) is 8.73. The zero-order valence-electron chi connectivity index (χ0n) is 19.9. The van der Waals surface area contributed by atoms with Crippen molar-refractivity contribution in [2.45, 2.75) is 84.0 Å². The molecule has 4 nitrogen and oxygen atoms in total. The van der Waals surface area contributed by atoms with Crippen molar-refractivity contribution in [1.29, 1.82) is 0 Å². The summed E-state index contributed by atoms with van der Waals surface area (Å²) in [6, 6.07) is 5.85. The number of aryl methyl sites for hydroxylation is 1. The maximum Gasteiger partial charge on any atom is 0.303 e. The number of allylic oxidation sites excluding steroid dienone is 1. The van der Waals surface area contributed by atoms with E-state index < -0.39 is 17.3 Å². The molecule has 1 aliphatic carbocycles. The molecule has 0 spiro atoms. The zero-order valence-corrected chi connectivity index (χ0v) is 20.6. The van der Waals surface area contributed by atoms with Crippen molar-refractivity contribution >= 4 is 23.5 Å². The Bertz CT molecular complexity index is 945. The van der Waals surface area contributed by atoms with Gasteiger partial charge in [-0.3, -0.25) is 9.59 Å². The van der Waals surface area contributed by atoms with Gasteiger partial charge in [0.1, 0.15) is 0 Å². The van der Waals surface area contributed by atoms with E-state index in [1.165, 1.54) is 4.90 Å². The second-order valence-corrected chi connectivity index (χ2v) is 11.4. The van der Waals surface area contributed by atoms with Gasteiger partial charge in [-0.15, -0.1) is 0 Å². The molecule has 7 heteroatoms. The number of hydrogen-bond donors (Lipinski definition) is 1. The first-order chi connectivity index (χ1) is 15.2. The van der Waals surface area contributed by atoms with Gasteiger partial charge in [0.05, 0.1) is 0 Å². The van der Waals surface area contributed by atoms with Crippen LogP contribution in [0.5, 0.6) is 0 Å². The van der Waals surface area contributed by atoms with E-state index in [-0.39, 0.29) is 49.5 Å². The Morgan fingerprint density at radius 3 is 2.48 bits per heavy atom. The maximum absolute atomic E-state index is 13.8. The van der Waals surface area contributed by atoms with Crippen LogP contribution in [0.2, 0.25) is 5.02 Å². The van der Waals surface area contributed by atoms with Gasteiger partial charge in [0.2, 0.25) is 11.8 Å². The molecule has 0 saturated heterocycles. The summed E-state index contributed by atoms with van der Waals surface area (Å²) in [5.41, 5.74) is 2.15. The van der Waals surface area contributed by atoms with Crippen molar-refractivity contribution in [2.24, 2.45) is 11.3 Å². The number of nitrogens with zero attached hydrogens (tertiary/aromatic N) is 1. The predicted molar refractivity (Wildman–Crippen MR) is 126 cm³/mol. The molecule has 1 saturated carbocycles. The van der Waals surface area contributed by atoms with Crippen LogP contribution >= 0.6 is 11.6 Å². The van der Waals surface area contributed by atoms with E-state index in [0.717, 1.165) is 29.5 Å². The number of carbonyl (C=O) groups excluding carboxylic acids is 1. The molecule has 1 aromatic rings. The molecule has 0 bridgehead atoms. The molecule has 1 atom stereocenters. The van der Waals surface area contributed by atoms with E-state index in [9.17, 15) is 18.4 Å². The largest absolute Gasteiger partial charge is 0.481 e. The van der Waals surface area contributed by atoms with Crippen LogP contribution in [0.4, 0.5) is 8.78 Å². The number of amides is 1. The fraction of sp³-hybridized carbons (Fsp3) is 0.615. The van der Waals surface area contributed by atoms with E-state index in [0.29, 0.717) is 11.4 Å². The quantitative estimate of drug-likeness (QED) is 0.455. The van der Waals surface area contributed by atoms with Gasteiger partial charge in [-0.25, -0.2) is 8.78 Å². The molecule has 1 N–H and O–H groups in total. The number of carbonyl (C=O) groups is 2. The minimum atomic E-state index is -2.68.